The van der Waals surface area contributed by atoms with E-state index in [0.717, 1.165) is 12.1 Å². The van der Waals surface area contributed by atoms with Crippen LogP contribution in [0.25, 0.3) is 0 Å². The van der Waals surface area contributed by atoms with Crippen LogP contribution in [0.5, 0.6) is 0 Å². The van der Waals surface area contributed by atoms with Gasteiger partial charge in [0.15, 0.2) is 17.5 Å². The molecule has 0 spiro atoms. The third-order valence-electron chi connectivity index (χ3n) is 1.43. The second-order valence-electron chi connectivity index (χ2n) is 2.31. The molecule has 0 unspecified atom stereocenters. The largest absolute Gasteiger partial charge is 0.264 e. The van der Waals surface area contributed by atoms with E-state index in [0.29, 0.717) is 4.10 Å². The summed E-state index contributed by atoms with van der Waals surface area (Å²) >= 11 is 10.1. The van der Waals surface area contributed by atoms with Crippen molar-refractivity contribution >= 4 is 23.6 Å². The minimum Gasteiger partial charge on any atom is -0.264 e. The van der Waals surface area contributed by atoms with E-state index in [2.05, 4.69) is 4.84 Å². The molecule has 0 aliphatic heterocycles. The van der Waals surface area contributed by atoms with E-state index in [1.165, 1.54) is 0 Å². The normalized spacial score (nSPS) is 11.0. The molecule has 0 aliphatic rings. The van der Waals surface area contributed by atoms with Crippen LogP contribution in [0.1, 0.15) is 5.56 Å². The fourth-order valence-corrected chi connectivity index (χ4v) is 0.893. The Hall–Kier alpha value is -0.490. The van der Waals surface area contributed by atoms with Gasteiger partial charge in [-0.3, -0.25) is 4.84 Å². The number of hydrogen-bond donors (Lipinski definition) is 0. The second kappa shape index (κ2) is 4.84. The highest BCUT2D eigenvalue weighted by Gasteiger charge is 2.13. The van der Waals surface area contributed by atoms with Gasteiger partial charge in [0.05, 0.1) is 6.61 Å². The molecule has 0 atom stereocenters. The Kier molecular flexibility index (Phi) is 4.00. The van der Waals surface area contributed by atoms with E-state index in [1.807, 2.05) is 0 Å². The van der Waals surface area contributed by atoms with Crippen molar-refractivity contribution in [2.45, 2.75) is 6.61 Å². The lowest BCUT2D eigenvalue weighted by Crippen LogP contribution is -2.04. The second-order valence-corrected chi connectivity index (χ2v) is 3.10. The van der Waals surface area contributed by atoms with Crippen molar-refractivity contribution in [1.29, 1.82) is 0 Å². The Bertz CT molecular complexity index is 335. The van der Waals surface area contributed by atoms with Gasteiger partial charge < -0.3 is 0 Å². The number of rotatable bonds is 3. The average molecular weight is 246 g/mol. The SMILES string of the molecule is Fc1ccc(CON(Cl)Cl)c(F)c1F. The lowest BCUT2D eigenvalue weighted by atomic mass is 10.2. The molecule has 14 heavy (non-hydrogen) atoms. The molecule has 0 amide bonds. The number of nitrogens with zero attached hydrogens (tertiary/aromatic N) is 1. The van der Waals surface area contributed by atoms with E-state index in [-0.39, 0.29) is 5.56 Å². The molecule has 1 aromatic carbocycles. The first-order valence-corrected chi connectivity index (χ1v) is 4.07. The first-order chi connectivity index (χ1) is 6.52. The summed E-state index contributed by atoms with van der Waals surface area (Å²) in [4.78, 5) is 4.44. The maximum absolute atomic E-state index is 12.9. The van der Waals surface area contributed by atoms with Crippen LogP contribution in [0, 0.1) is 17.5 Å². The van der Waals surface area contributed by atoms with Crippen LogP contribution in [0.15, 0.2) is 12.1 Å². The third-order valence-corrected chi connectivity index (χ3v) is 1.63. The Morgan fingerprint density at radius 3 is 2.36 bits per heavy atom. The molecule has 0 N–H and O–H groups in total. The molecular formula is C7H4Cl2F3NO. The van der Waals surface area contributed by atoms with Crippen LogP contribution >= 0.6 is 23.6 Å². The summed E-state index contributed by atoms with van der Waals surface area (Å²) in [5.41, 5.74) is -0.185. The van der Waals surface area contributed by atoms with Gasteiger partial charge in [-0.05, 0) is 10.2 Å². The highest BCUT2D eigenvalue weighted by atomic mass is 35.5. The predicted octanol–water partition coefficient (Wildman–Crippen LogP) is 3.15. The van der Waals surface area contributed by atoms with Gasteiger partial charge in [0.1, 0.15) is 0 Å². The predicted molar refractivity (Wildman–Crippen MR) is 44.6 cm³/mol. The molecule has 0 bridgehead atoms. The summed E-state index contributed by atoms with van der Waals surface area (Å²) < 4.78 is 38.3. The maximum atomic E-state index is 12.9. The van der Waals surface area contributed by atoms with Gasteiger partial charge in [-0.2, -0.15) is 0 Å². The minimum absolute atomic E-state index is 0.185. The van der Waals surface area contributed by atoms with E-state index < -0.39 is 24.1 Å². The molecule has 7 heteroatoms. The minimum atomic E-state index is -1.55. The lowest BCUT2D eigenvalue weighted by Gasteiger charge is -2.06. The molecule has 0 saturated heterocycles. The van der Waals surface area contributed by atoms with Gasteiger partial charge in [-0.1, -0.05) is 6.07 Å². The zero-order chi connectivity index (χ0) is 10.7. The molecule has 0 aromatic heterocycles. The van der Waals surface area contributed by atoms with Crippen LogP contribution < -0.4 is 0 Å². The van der Waals surface area contributed by atoms with Gasteiger partial charge in [-0.15, -0.1) is 0 Å². The van der Waals surface area contributed by atoms with Crippen molar-refractivity contribution in [2.24, 2.45) is 0 Å². The van der Waals surface area contributed by atoms with E-state index in [9.17, 15) is 13.2 Å². The summed E-state index contributed by atoms with van der Waals surface area (Å²) in [5.74, 6) is -4.14. The van der Waals surface area contributed by atoms with E-state index in [4.69, 9.17) is 23.6 Å². The van der Waals surface area contributed by atoms with Gasteiger partial charge in [0.25, 0.3) is 0 Å². The summed E-state index contributed by atoms with van der Waals surface area (Å²) in [7, 11) is 0. The Labute approximate surface area is 88.0 Å². The first-order valence-electron chi connectivity index (χ1n) is 3.39. The molecule has 2 nitrogen and oxygen atoms in total. The standard InChI is InChI=1S/C7H4Cl2F3NO/c8-13(9)14-3-4-1-2-5(10)7(12)6(4)11/h1-2H,3H2. The highest BCUT2D eigenvalue weighted by Crippen LogP contribution is 2.16. The van der Waals surface area contributed by atoms with Crippen molar-refractivity contribution in [3.8, 4) is 0 Å². The summed E-state index contributed by atoms with van der Waals surface area (Å²) in [6, 6.07) is 1.81. The number of benzene rings is 1. The third kappa shape index (κ3) is 2.75. The molecule has 0 aliphatic carbocycles. The highest BCUT2D eigenvalue weighted by molar-refractivity contribution is 6.32. The average Bonchev–Trinajstić information content (AvgIpc) is 2.13. The maximum Gasteiger partial charge on any atom is 0.194 e. The van der Waals surface area contributed by atoms with Crippen molar-refractivity contribution in [3.63, 3.8) is 0 Å². The number of hydrogen-bond acceptors (Lipinski definition) is 2. The molecule has 1 aromatic rings. The topological polar surface area (TPSA) is 12.5 Å². The Morgan fingerprint density at radius 2 is 1.79 bits per heavy atom. The lowest BCUT2D eigenvalue weighted by molar-refractivity contribution is -0.0274. The Morgan fingerprint density at radius 1 is 1.14 bits per heavy atom. The molecule has 1 rings (SSSR count). The first kappa shape index (κ1) is 11.6. The van der Waals surface area contributed by atoms with E-state index in [1.54, 1.807) is 0 Å². The zero-order valence-electron chi connectivity index (χ0n) is 6.61. The van der Waals surface area contributed by atoms with Gasteiger partial charge >= 0.3 is 0 Å². The summed E-state index contributed by atoms with van der Waals surface area (Å²) in [5, 5.41) is 0. The van der Waals surface area contributed by atoms with Crippen LogP contribution in [-0.4, -0.2) is 4.10 Å². The van der Waals surface area contributed by atoms with Crippen LogP contribution in [0.2, 0.25) is 0 Å². The summed E-state index contributed by atoms with van der Waals surface area (Å²) in [6.07, 6.45) is 0. The van der Waals surface area contributed by atoms with Crippen molar-refractivity contribution in [3.05, 3.63) is 35.1 Å². The molecule has 0 fully saturated rings. The van der Waals surface area contributed by atoms with Gasteiger partial charge in [0.2, 0.25) is 0 Å². The molecular weight excluding hydrogens is 242 g/mol. The van der Waals surface area contributed by atoms with Crippen LogP contribution in [0.3, 0.4) is 0 Å². The summed E-state index contributed by atoms with van der Waals surface area (Å²) in [6.45, 7) is -0.393. The molecule has 0 saturated carbocycles. The van der Waals surface area contributed by atoms with Crippen molar-refractivity contribution in [2.75, 3.05) is 0 Å². The molecule has 0 radical (unpaired) electrons. The van der Waals surface area contributed by atoms with Gasteiger partial charge in [-0.25, -0.2) is 13.2 Å². The molecule has 0 heterocycles. The fraction of sp³-hybridized carbons (Fsp3) is 0.143. The zero-order valence-corrected chi connectivity index (χ0v) is 8.12. The molecule has 78 valence electrons. The Balaban J connectivity index is 2.83. The fourth-order valence-electron chi connectivity index (χ4n) is 0.796. The van der Waals surface area contributed by atoms with Crippen LogP contribution in [0.4, 0.5) is 13.2 Å². The van der Waals surface area contributed by atoms with Crippen molar-refractivity contribution in [1.82, 2.24) is 4.10 Å². The quantitative estimate of drug-likeness (QED) is 0.461. The number of halogens is 5. The smallest absolute Gasteiger partial charge is 0.194 e. The van der Waals surface area contributed by atoms with Gasteiger partial charge in [0, 0.05) is 29.1 Å². The van der Waals surface area contributed by atoms with Crippen LogP contribution in [-0.2, 0) is 11.4 Å². The monoisotopic (exact) mass is 245 g/mol. The van der Waals surface area contributed by atoms with Crippen molar-refractivity contribution < 1.29 is 18.0 Å². The van der Waals surface area contributed by atoms with E-state index >= 15 is 0 Å².